The minimum Gasteiger partial charge on any atom is -0.479 e. The van der Waals surface area contributed by atoms with Gasteiger partial charge in [0.05, 0.1) is 6.20 Å². The molecule has 6 heteroatoms. The summed E-state index contributed by atoms with van der Waals surface area (Å²) in [6, 6.07) is 2.66. The number of rotatable bonds is 6. The lowest BCUT2D eigenvalue weighted by atomic mass is 10.2. The summed E-state index contributed by atoms with van der Waals surface area (Å²) in [5, 5.41) is 17.5. The Hall–Kier alpha value is -2.11. The third-order valence-corrected chi connectivity index (χ3v) is 2.06. The smallest absolute Gasteiger partial charge is 0.354 e. The van der Waals surface area contributed by atoms with Gasteiger partial charge in [-0.1, -0.05) is 13.3 Å². The van der Waals surface area contributed by atoms with Crippen molar-refractivity contribution in [1.82, 2.24) is 4.98 Å². The third kappa shape index (κ3) is 3.75. The molecule has 0 fully saturated rings. The van der Waals surface area contributed by atoms with E-state index in [9.17, 15) is 9.59 Å². The maximum atomic E-state index is 10.8. The van der Waals surface area contributed by atoms with E-state index in [0.29, 0.717) is 12.8 Å². The maximum absolute atomic E-state index is 10.8. The number of hydrogen-bond donors (Lipinski definition) is 2. The molecule has 0 aromatic carbocycles. The van der Waals surface area contributed by atoms with E-state index >= 15 is 0 Å². The number of aliphatic carboxylic acids is 1. The van der Waals surface area contributed by atoms with E-state index in [1.54, 1.807) is 0 Å². The van der Waals surface area contributed by atoms with Gasteiger partial charge in [-0.05, 0) is 18.6 Å². The van der Waals surface area contributed by atoms with Crippen molar-refractivity contribution in [3.8, 4) is 5.75 Å². The Morgan fingerprint density at radius 3 is 2.53 bits per heavy atom. The number of nitrogens with zero attached hydrogens (tertiary/aromatic N) is 1. The predicted octanol–water partition coefficient (Wildman–Crippen LogP) is 1.41. The molecule has 0 saturated carbocycles. The molecule has 6 nitrogen and oxygen atoms in total. The zero-order chi connectivity index (χ0) is 12.8. The molecule has 0 saturated heterocycles. The lowest BCUT2D eigenvalue weighted by Gasteiger charge is -2.13. The van der Waals surface area contributed by atoms with Crippen LogP contribution in [0.2, 0.25) is 0 Å². The van der Waals surface area contributed by atoms with Crippen LogP contribution in [0, 0.1) is 0 Å². The number of hydrogen-bond acceptors (Lipinski definition) is 4. The first-order chi connectivity index (χ1) is 8.04. The maximum Gasteiger partial charge on any atom is 0.354 e. The number of pyridine rings is 1. The van der Waals surface area contributed by atoms with Gasteiger partial charge in [-0.15, -0.1) is 0 Å². The minimum absolute atomic E-state index is 0.111. The van der Waals surface area contributed by atoms with Crippen LogP contribution in [0.3, 0.4) is 0 Å². The second-order valence-electron chi connectivity index (χ2n) is 3.42. The standard InChI is InChI=1S/C11H13NO5/c1-2-3-9(11(15)16)17-7-4-5-8(10(13)14)12-6-7/h4-6,9H,2-3H2,1H3,(H,13,14)(H,15,16). The van der Waals surface area contributed by atoms with Gasteiger partial charge < -0.3 is 14.9 Å². The van der Waals surface area contributed by atoms with Gasteiger partial charge in [-0.3, -0.25) is 0 Å². The molecular formula is C11H13NO5. The van der Waals surface area contributed by atoms with E-state index in [1.807, 2.05) is 6.92 Å². The van der Waals surface area contributed by atoms with Crippen LogP contribution in [0.25, 0.3) is 0 Å². The molecule has 0 aliphatic carbocycles. The second-order valence-corrected chi connectivity index (χ2v) is 3.42. The average Bonchev–Trinajstić information content (AvgIpc) is 2.29. The number of carbonyl (C=O) groups is 2. The quantitative estimate of drug-likeness (QED) is 0.779. The molecule has 0 radical (unpaired) electrons. The SMILES string of the molecule is CCCC(Oc1ccc(C(=O)O)nc1)C(=O)O. The number of aromatic carboxylic acids is 1. The highest BCUT2D eigenvalue weighted by Crippen LogP contribution is 2.13. The molecule has 1 heterocycles. The van der Waals surface area contributed by atoms with Crippen molar-refractivity contribution in [3.05, 3.63) is 24.0 Å². The molecule has 0 amide bonds. The Bertz CT molecular complexity index is 401. The first kappa shape index (κ1) is 13.0. The zero-order valence-corrected chi connectivity index (χ0v) is 9.29. The summed E-state index contributed by atoms with van der Waals surface area (Å²) in [6.45, 7) is 1.85. The van der Waals surface area contributed by atoms with E-state index in [0.717, 1.165) is 0 Å². The fourth-order valence-corrected chi connectivity index (χ4v) is 1.24. The Morgan fingerprint density at radius 1 is 1.41 bits per heavy atom. The highest BCUT2D eigenvalue weighted by atomic mass is 16.5. The van der Waals surface area contributed by atoms with E-state index in [2.05, 4.69) is 4.98 Å². The van der Waals surface area contributed by atoms with Crippen molar-refractivity contribution in [1.29, 1.82) is 0 Å². The van der Waals surface area contributed by atoms with Crippen molar-refractivity contribution in [2.75, 3.05) is 0 Å². The Labute approximate surface area is 97.9 Å². The topological polar surface area (TPSA) is 96.7 Å². The Balaban J connectivity index is 2.73. The molecule has 1 rings (SSSR count). The molecule has 1 atom stereocenters. The number of aromatic nitrogens is 1. The van der Waals surface area contributed by atoms with Gasteiger partial charge in [0, 0.05) is 0 Å². The zero-order valence-electron chi connectivity index (χ0n) is 9.29. The largest absolute Gasteiger partial charge is 0.479 e. The van der Waals surface area contributed by atoms with Crippen molar-refractivity contribution in [3.63, 3.8) is 0 Å². The molecular weight excluding hydrogens is 226 g/mol. The van der Waals surface area contributed by atoms with Gasteiger partial charge in [-0.25, -0.2) is 14.6 Å². The molecule has 0 bridgehead atoms. The predicted molar refractivity (Wildman–Crippen MR) is 58.2 cm³/mol. The molecule has 0 aliphatic rings. The van der Waals surface area contributed by atoms with Crippen LogP contribution in [0.4, 0.5) is 0 Å². The minimum atomic E-state index is -1.14. The summed E-state index contributed by atoms with van der Waals surface area (Å²) in [4.78, 5) is 25.0. The third-order valence-electron chi connectivity index (χ3n) is 2.06. The van der Waals surface area contributed by atoms with Crippen LogP contribution in [0.1, 0.15) is 30.3 Å². The summed E-state index contributed by atoms with van der Waals surface area (Å²) >= 11 is 0. The first-order valence-electron chi connectivity index (χ1n) is 5.13. The average molecular weight is 239 g/mol. The normalized spacial score (nSPS) is 11.8. The van der Waals surface area contributed by atoms with Crippen LogP contribution in [0.15, 0.2) is 18.3 Å². The first-order valence-corrected chi connectivity index (χ1v) is 5.13. The van der Waals surface area contributed by atoms with Crippen LogP contribution >= 0.6 is 0 Å². The van der Waals surface area contributed by atoms with Gasteiger partial charge in [-0.2, -0.15) is 0 Å². The van der Waals surface area contributed by atoms with Gasteiger partial charge in [0.2, 0.25) is 0 Å². The van der Waals surface area contributed by atoms with Crippen molar-refractivity contribution >= 4 is 11.9 Å². The Morgan fingerprint density at radius 2 is 2.12 bits per heavy atom. The van der Waals surface area contributed by atoms with Crippen molar-refractivity contribution < 1.29 is 24.5 Å². The molecule has 0 spiro atoms. The lowest BCUT2D eigenvalue weighted by Crippen LogP contribution is -2.26. The molecule has 1 aromatic heterocycles. The molecule has 1 unspecified atom stereocenters. The lowest BCUT2D eigenvalue weighted by molar-refractivity contribution is -0.145. The summed E-state index contributed by atoms with van der Waals surface area (Å²) in [5.41, 5.74) is -0.111. The van der Waals surface area contributed by atoms with Gasteiger partial charge >= 0.3 is 11.9 Å². The number of ether oxygens (including phenoxy) is 1. The van der Waals surface area contributed by atoms with Gasteiger partial charge in [0.15, 0.2) is 6.10 Å². The molecule has 1 aromatic rings. The summed E-state index contributed by atoms with van der Waals surface area (Å²) < 4.78 is 5.20. The fraction of sp³-hybridized carbons (Fsp3) is 0.364. The number of carboxylic acids is 2. The molecule has 92 valence electrons. The highest BCUT2D eigenvalue weighted by molar-refractivity contribution is 5.85. The Kier molecular flexibility index (Phi) is 4.45. The summed E-state index contributed by atoms with van der Waals surface area (Å²) in [6.07, 6.45) is 1.33. The van der Waals surface area contributed by atoms with Crippen LogP contribution in [-0.4, -0.2) is 33.2 Å². The van der Waals surface area contributed by atoms with E-state index < -0.39 is 18.0 Å². The van der Waals surface area contributed by atoms with Gasteiger partial charge in [0.1, 0.15) is 11.4 Å². The molecule has 0 aliphatic heterocycles. The van der Waals surface area contributed by atoms with E-state index in [4.69, 9.17) is 14.9 Å². The highest BCUT2D eigenvalue weighted by Gasteiger charge is 2.18. The monoisotopic (exact) mass is 239 g/mol. The van der Waals surface area contributed by atoms with E-state index in [-0.39, 0.29) is 11.4 Å². The van der Waals surface area contributed by atoms with Crippen molar-refractivity contribution in [2.24, 2.45) is 0 Å². The van der Waals surface area contributed by atoms with Gasteiger partial charge in [0.25, 0.3) is 0 Å². The van der Waals surface area contributed by atoms with Crippen LogP contribution in [0.5, 0.6) is 5.75 Å². The van der Waals surface area contributed by atoms with Crippen LogP contribution in [-0.2, 0) is 4.79 Å². The number of carboxylic acid groups (broad SMARTS) is 2. The second kappa shape index (κ2) is 5.83. The molecule has 17 heavy (non-hydrogen) atoms. The fourth-order valence-electron chi connectivity index (χ4n) is 1.24. The molecule has 2 N–H and O–H groups in total. The van der Waals surface area contributed by atoms with E-state index in [1.165, 1.54) is 18.3 Å². The summed E-state index contributed by atoms with van der Waals surface area (Å²) in [7, 11) is 0. The summed E-state index contributed by atoms with van der Waals surface area (Å²) in [5.74, 6) is -1.94. The van der Waals surface area contributed by atoms with Crippen LogP contribution < -0.4 is 4.74 Å². The van der Waals surface area contributed by atoms with Crippen molar-refractivity contribution in [2.45, 2.75) is 25.9 Å².